The number of nitriles is 1. The molecule has 0 aliphatic carbocycles. The standard InChI is InChI=1S/C12H24N2O/c1-4-5-6-8-15-9-7-12(10-13)14-11(2)3/h11-12,14H,4-9H2,1-3H3. The van der Waals surface area contributed by atoms with Gasteiger partial charge in [0.2, 0.25) is 0 Å². The van der Waals surface area contributed by atoms with Crippen LogP contribution in [0.25, 0.3) is 0 Å². The van der Waals surface area contributed by atoms with E-state index >= 15 is 0 Å². The summed E-state index contributed by atoms with van der Waals surface area (Å²) in [6.07, 6.45) is 4.36. The van der Waals surface area contributed by atoms with Crippen molar-refractivity contribution in [1.29, 1.82) is 5.26 Å². The van der Waals surface area contributed by atoms with E-state index < -0.39 is 0 Å². The van der Waals surface area contributed by atoms with Crippen molar-refractivity contribution < 1.29 is 4.74 Å². The minimum Gasteiger partial charge on any atom is -0.381 e. The highest BCUT2D eigenvalue weighted by Crippen LogP contribution is 1.97. The molecular weight excluding hydrogens is 188 g/mol. The van der Waals surface area contributed by atoms with E-state index in [0.29, 0.717) is 12.6 Å². The first kappa shape index (κ1) is 14.4. The molecule has 88 valence electrons. The minimum atomic E-state index is -0.0730. The fourth-order valence-electron chi connectivity index (χ4n) is 1.34. The van der Waals surface area contributed by atoms with E-state index in [4.69, 9.17) is 10.00 Å². The Morgan fingerprint density at radius 1 is 1.27 bits per heavy atom. The summed E-state index contributed by atoms with van der Waals surface area (Å²) in [5.41, 5.74) is 0. The molecule has 0 aromatic carbocycles. The summed E-state index contributed by atoms with van der Waals surface area (Å²) in [5, 5.41) is 12.0. The highest BCUT2D eigenvalue weighted by molar-refractivity contribution is 4.90. The van der Waals surface area contributed by atoms with Gasteiger partial charge in [-0.1, -0.05) is 19.8 Å². The van der Waals surface area contributed by atoms with Gasteiger partial charge in [-0.15, -0.1) is 0 Å². The molecule has 1 unspecified atom stereocenters. The Morgan fingerprint density at radius 2 is 2.00 bits per heavy atom. The van der Waals surface area contributed by atoms with Crippen LogP contribution in [0.15, 0.2) is 0 Å². The molecule has 0 aliphatic rings. The van der Waals surface area contributed by atoms with E-state index in [2.05, 4.69) is 18.3 Å². The lowest BCUT2D eigenvalue weighted by Gasteiger charge is -2.14. The summed E-state index contributed by atoms with van der Waals surface area (Å²) in [6.45, 7) is 7.78. The van der Waals surface area contributed by atoms with Crippen molar-refractivity contribution in [1.82, 2.24) is 5.32 Å². The molecule has 0 spiro atoms. The smallest absolute Gasteiger partial charge is 0.0976 e. The molecule has 0 amide bonds. The average molecular weight is 212 g/mol. The normalized spacial score (nSPS) is 12.7. The number of nitrogens with one attached hydrogen (secondary N) is 1. The fraction of sp³-hybridized carbons (Fsp3) is 0.917. The van der Waals surface area contributed by atoms with E-state index in [9.17, 15) is 0 Å². The lowest BCUT2D eigenvalue weighted by molar-refractivity contribution is 0.123. The largest absolute Gasteiger partial charge is 0.381 e. The quantitative estimate of drug-likeness (QED) is 0.597. The van der Waals surface area contributed by atoms with Crippen molar-refractivity contribution in [2.45, 2.75) is 58.5 Å². The van der Waals surface area contributed by atoms with Crippen molar-refractivity contribution in [3.8, 4) is 6.07 Å². The van der Waals surface area contributed by atoms with Crippen LogP contribution in [-0.4, -0.2) is 25.3 Å². The zero-order valence-electron chi connectivity index (χ0n) is 10.3. The van der Waals surface area contributed by atoms with Gasteiger partial charge in [-0.3, -0.25) is 5.32 Å². The van der Waals surface area contributed by atoms with Gasteiger partial charge in [-0.2, -0.15) is 5.26 Å². The molecular formula is C12H24N2O. The second kappa shape index (κ2) is 9.95. The second-order valence-corrected chi connectivity index (χ2v) is 4.11. The maximum Gasteiger partial charge on any atom is 0.0976 e. The molecule has 0 saturated carbocycles. The molecule has 0 saturated heterocycles. The molecule has 0 heterocycles. The molecule has 3 nitrogen and oxygen atoms in total. The molecule has 0 aliphatic heterocycles. The van der Waals surface area contributed by atoms with Crippen LogP contribution in [0, 0.1) is 11.3 Å². The zero-order valence-corrected chi connectivity index (χ0v) is 10.3. The Hall–Kier alpha value is -0.590. The lowest BCUT2D eigenvalue weighted by Crippen LogP contribution is -2.34. The highest BCUT2D eigenvalue weighted by Gasteiger charge is 2.07. The monoisotopic (exact) mass is 212 g/mol. The molecule has 1 atom stereocenters. The summed E-state index contributed by atoms with van der Waals surface area (Å²) in [6, 6.07) is 2.53. The highest BCUT2D eigenvalue weighted by atomic mass is 16.5. The van der Waals surface area contributed by atoms with Gasteiger partial charge in [-0.05, 0) is 26.7 Å². The number of hydrogen-bond acceptors (Lipinski definition) is 3. The van der Waals surface area contributed by atoms with Crippen LogP contribution >= 0.6 is 0 Å². The first-order valence-corrected chi connectivity index (χ1v) is 5.94. The van der Waals surface area contributed by atoms with Crippen molar-refractivity contribution in [3.05, 3.63) is 0 Å². The van der Waals surface area contributed by atoms with Crippen molar-refractivity contribution in [2.24, 2.45) is 0 Å². The maximum absolute atomic E-state index is 8.85. The van der Waals surface area contributed by atoms with E-state index in [1.54, 1.807) is 0 Å². The Bertz CT molecular complexity index is 175. The maximum atomic E-state index is 8.85. The Labute approximate surface area is 93.8 Å². The van der Waals surface area contributed by atoms with Gasteiger partial charge in [0.25, 0.3) is 0 Å². The van der Waals surface area contributed by atoms with Crippen LogP contribution in [0.2, 0.25) is 0 Å². The molecule has 1 N–H and O–H groups in total. The Kier molecular flexibility index (Phi) is 9.55. The third-order valence-electron chi connectivity index (χ3n) is 2.13. The molecule has 0 rings (SSSR count). The molecule has 0 aromatic rings. The summed E-state index contributed by atoms with van der Waals surface area (Å²) in [4.78, 5) is 0. The first-order valence-electron chi connectivity index (χ1n) is 5.94. The predicted molar refractivity (Wildman–Crippen MR) is 62.6 cm³/mol. The topological polar surface area (TPSA) is 45.0 Å². The number of ether oxygens (including phenoxy) is 1. The van der Waals surface area contributed by atoms with Crippen molar-refractivity contribution in [2.75, 3.05) is 13.2 Å². The minimum absolute atomic E-state index is 0.0730. The SMILES string of the molecule is CCCCCOCCC(C#N)NC(C)C. The van der Waals surface area contributed by atoms with Crippen LogP contribution in [-0.2, 0) is 4.74 Å². The average Bonchev–Trinajstić information content (AvgIpc) is 2.20. The molecule has 0 fully saturated rings. The molecule has 0 radical (unpaired) electrons. The first-order chi connectivity index (χ1) is 7.20. The molecule has 0 aromatic heterocycles. The molecule has 0 bridgehead atoms. The third kappa shape index (κ3) is 9.71. The number of hydrogen-bond donors (Lipinski definition) is 1. The van der Waals surface area contributed by atoms with Gasteiger partial charge in [0, 0.05) is 19.3 Å². The number of rotatable bonds is 9. The van der Waals surface area contributed by atoms with E-state index in [0.717, 1.165) is 19.4 Å². The van der Waals surface area contributed by atoms with E-state index in [1.807, 2.05) is 13.8 Å². The summed E-state index contributed by atoms with van der Waals surface area (Å²) < 4.78 is 5.46. The summed E-state index contributed by atoms with van der Waals surface area (Å²) in [5.74, 6) is 0. The fourth-order valence-corrected chi connectivity index (χ4v) is 1.34. The van der Waals surface area contributed by atoms with Crippen LogP contribution in [0.1, 0.15) is 46.5 Å². The van der Waals surface area contributed by atoms with Gasteiger partial charge in [0.05, 0.1) is 12.1 Å². The molecule has 15 heavy (non-hydrogen) atoms. The van der Waals surface area contributed by atoms with E-state index in [-0.39, 0.29) is 6.04 Å². The summed E-state index contributed by atoms with van der Waals surface area (Å²) >= 11 is 0. The van der Waals surface area contributed by atoms with Gasteiger partial charge in [0.1, 0.15) is 0 Å². The predicted octanol–water partition coefficient (Wildman–Crippen LogP) is 2.47. The van der Waals surface area contributed by atoms with Gasteiger partial charge in [-0.25, -0.2) is 0 Å². The van der Waals surface area contributed by atoms with Crippen molar-refractivity contribution in [3.63, 3.8) is 0 Å². The third-order valence-corrected chi connectivity index (χ3v) is 2.13. The van der Waals surface area contributed by atoms with Gasteiger partial charge in [0.15, 0.2) is 0 Å². The van der Waals surface area contributed by atoms with Crippen LogP contribution in [0.3, 0.4) is 0 Å². The van der Waals surface area contributed by atoms with Gasteiger partial charge >= 0.3 is 0 Å². The number of unbranched alkanes of at least 4 members (excludes halogenated alkanes) is 2. The van der Waals surface area contributed by atoms with Crippen molar-refractivity contribution >= 4 is 0 Å². The van der Waals surface area contributed by atoms with Crippen LogP contribution < -0.4 is 5.32 Å². The Morgan fingerprint density at radius 3 is 2.53 bits per heavy atom. The van der Waals surface area contributed by atoms with Crippen LogP contribution in [0.4, 0.5) is 0 Å². The number of nitrogens with zero attached hydrogens (tertiary/aromatic N) is 1. The van der Waals surface area contributed by atoms with Gasteiger partial charge < -0.3 is 4.74 Å². The second-order valence-electron chi connectivity index (χ2n) is 4.11. The summed E-state index contributed by atoms with van der Waals surface area (Å²) in [7, 11) is 0. The van der Waals surface area contributed by atoms with Crippen LogP contribution in [0.5, 0.6) is 0 Å². The van der Waals surface area contributed by atoms with E-state index in [1.165, 1.54) is 12.8 Å². The Balaban J connectivity index is 3.35. The lowest BCUT2D eigenvalue weighted by atomic mass is 10.2. The molecule has 3 heteroatoms. The zero-order chi connectivity index (χ0) is 11.5.